The molecule has 1 amide bonds. The van der Waals surface area contributed by atoms with Gasteiger partial charge in [0.05, 0.1) is 12.8 Å². The van der Waals surface area contributed by atoms with Gasteiger partial charge in [-0.3, -0.25) is 14.6 Å². The molecule has 3 N–H and O–H groups in total. The van der Waals surface area contributed by atoms with Crippen LogP contribution in [0.3, 0.4) is 0 Å². The van der Waals surface area contributed by atoms with Crippen LogP contribution in [0.5, 0.6) is 0 Å². The summed E-state index contributed by atoms with van der Waals surface area (Å²) in [7, 11) is 1.27. The van der Waals surface area contributed by atoms with E-state index in [1.54, 1.807) is 18.3 Å². The van der Waals surface area contributed by atoms with Crippen LogP contribution < -0.4 is 10.6 Å². The predicted octanol–water partition coefficient (Wildman–Crippen LogP) is 0.190. The number of allylic oxidation sites excluding steroid dienone is 1. The molecule has 106 valence electrons. The van der Waals surface area contributed by atoms with E-state index in [4.69, 9.17) is 5.41 Å². The minimum absolute atomic E-state index is 0.108. The van der Waals surface area contributed by atoms with Crippen LogP contribution in [-0.4, -0.2) is 36.2 Å². The molecule has 7 nitrogen and oxygen atoms in total. The molecular weight excluding hydrogens is 260 g/mol. The standard InChI is InChI=1S/C13H16N4O3/c1-9(18)17-12(16-8-13(19)20-2)6-11(14)10-4-3-5-15-7-10/h3-7,14,16H,8H2,1-2H3,(H,17,18)/b12-6+,14-11?. The molecule has 0 bridgehead atoms. The average Bonchev–Trinajstić information content (AvgIpc) is 2.44. The van der Waals surface area contributed by atoms with Crippen molar-refractivity contribution in [1.29, 1.82) is 5.41 Å². The van der Waals surface area contributed by atoms with Crippen molar-refractivity contribution < 1.29 is 14.3 Å². The molecule has 1 aromatic heterocycles. The van der Waals surface area contributed by atoms with E-state index in [1.165, 1.54) is 26.3 Å². The number of esters is 1. The Hall–Kier alpha value is -2.70. The molecule has 0 atom stereocenters. The number of hydrogen-bond acceptors (Lipinski definition) is 6. The highest BCUT2D eigenvalue weighted by molar-refractivity contribution is 6.06. The minimum atomic E-state index is -0.478. The van der Waals surface area contributed by atoms with Gasteiger partial charge in [0.25, 0.3) is 0 Å². The Kier molecular flexibility index (Phi) is 5.89. The van der Waals surface area contributed by atoms with Gasteiger partial charge in [0, 0.05) is 31.0 Å². The molecule has 0 unspecified atom stereocenters. The predicted molar refractivity (Wildman–Crippen MR) is 73.0 cm³/mol. The maximum Gasteiger partial charge on any atom is 0.325 e. The fraction of sp³-hybridized carbons (Fsp3) is 0.231. The first-order valence-corrected chi connectivity index (χ1v) is 5.82. The number of nitrogens with zero attached hydrogens (tertiary/aromatic N) is 1. The lowest BCUT2D eigenvalue weighted by atomic mass is 10.2. The van der Waals surface area contributed by atoms with Gasteiger partial charge in [0.2, 0.25) is 5.91 Å². The highest BCUT2D eigenvalue weighted by Crippen LogP contribution is 2.00. The average molecular weight is 276 g/mol. The zero-order valence-electron chi connectivity index (χ0n) is 11.3. The van der Waals surface area contributed by atoms with Gasteiger partial charge in [-0.15, -0.1) is 0 Å². The van der Waals surface area contributed by atoms with Gasteiger partial charge in [0.15, 0.2) is 0 Å². The number of carbonyl (C=O) groups excluding carboxylic acids is 2. The molecule has 0 aliphatic rings. The molecule has 1 heterocycles. The van der Waals surface area contributed by atoms with E-state index in [9.17, 15) is 9.59 Å². The van der Waals surface area contributed by atoms with Crippen LogP contribution in [0.25, 0.3) is 0 Å². The number of aromatic nitrogens is 1. The summed E-state index contributed by atoms with van der Waals surface area (Å²) in [6.45, 7) is 1.23. The summed E-state index contributed by atoms with van der Waals surface area (Å²) < 4.78 is 4.49. The third-order valence-electron chi connectivity index (χ3n) is 2.22. The highest BCUT2D eigenvalue weighted by atomic mass is 16.5. The topological polar surface area (TPSA) is 104 Å². The zero-order valence-corrected chi connectivity index (χ0v) is 11.3. The third-order valence-corrected chi connectivity index (χ3v) is 2.22. The maximum absolute atomic E-state index is 11.1. The van der Waals surface area contributed by atoms with Crippen LogP contribution in [0.15, 0.2) is 36.4 Å². The molecule has 20 heavy (non-hydrogen) atoms. The van der Waals surface area contributed by atoms with Crippen LogP contribution in [0.2, 0.25) is 0 Å². The Morgan fingerprint density at radius 2 is 2.25 bits per heavy atom. The van der Waals surface area contributed by atoms with Crippen molar-refractivity contribution in [2.24, 2.45) is 0 Å². The molecule has 0 radical (unpaired) electrons. The number of carbonyl (C=O) groups is 2. The first kappa shape index (κ1) is 15.4. The van der Waals surface area contributed by atoms with E-state index in [0.717, 1.165) is 0 Å². The first-order chi connectivity index (χ1) is 9.52. The highest BCUT2D eigenvalue weighted by Gasteiger charge is 2.06. The fourth-order valence-electron chi connectivity index (χ4n) is 1.31. The molecule has 0 fully saturated rings. The van der Waals surface area contributed by atoms with Crippen molar-refractivity contribution in [3.05, 3.63) is 42.0 Å². The molecule has 7 heteroatoms. The second-order valence-electron chi connectivity index (χ2n) is 3.82. The molecule has 0 spiro atoms. The van der Waals surface area contributed by atoms with Gasteiger partial charge < -0.3 is 20.8 Å². The normalized spacial score (nSPS) is 10.6. The third kappa shape index (κ3) is 5.30. The van der Waals surface area contributed by atoms with E-state index in [2.05, 4.69) is 20.4 Å². The van der Waals surface area contributed by atoms with E-state index in [1.807, 2.05) is 0 Å². The molecule has 1 rings (SSSR count). The second kappa shape index (κ2) is 7.67. The Balaban J connectivity index is 2.81. The summed E-state index contributed by atoms with van der Waals surface area (Å²) in [5.74, 6) is -0.543. The number of ether oxygens (including phenoxy) is 1. The van der Waals surface area contributed by atoms with Crippen LogP contribution in [0.1, 0.15) is 12.5 Å². The number of amides is 1. The largest absolute Gasteiger partial charge is 0.468 e. The van der Waals surface area contributed by atoms with Gasteiger partial charge >= 0.3 is 5.97 Å². The maximum atomic E-state index is 11.1. The van der Waals surface area contributed by atoms with Crippen molar-refractivity contribution >= 4 is 17.6 Å². The molecule has 0 saturated heterocycles. The van der Waals surface area contributed by atoms with Crippen molar-refractivity contribution in [3.8, 4) is 0 Å². The van der Waals surface area contributed by atoms with Crippen molar-refractivity contribution in [2.45, 2.75) is 6.92 Å². The summed E-state index contributed by atoms with van der Waals surface area (Å²) in [5.41, 5.74) is 0.745. The van der Waals surface area contributed by atoms with E-state index >= 15 is 0 Å². The molecule has 0 aromatic carbocycles. The Morgan fingerprint density at radius 1 is 1.50 bits per heavy atom. The lowest BCUT2D eigenvalue weighted by molar-refractivity contribution is -0.139. The summed E-state index contributed by atoms with van der Waals surface area (Å²) in [6, 6.07) is 3.43. The smallest absolute Gasteiger partial charge is 0.325 e. The van der Waals surface area contributed by atoms with E-state index < -0.39 is 5.97 Å². The Bertz CT molecular complexity index is 526. The Morgan fingerprint density at radius 3 is 2.80 bits per heavy atom. The van der Waals surface area contributed by atoms with E-state index in [0.29, 0.717) is 5.56 Å². The first-order valence-electron chi connectivity index (χ1n) is 5.82. The Labute approximate surface area is 116 Å². The number of rotatable bonds is 6. The van der Waals surface area contributed by atoms with Gasteiger partial charge in [-0.2, -0.15) is 0 Å². The van der Waals surface area contributed by atoms with Crippen LogP contribution >= 0.6 is 0 Å². The lowest BCUT2D eigenvalue weighted by Crippen LogP contribution is -2.34. The summed E-state index contributed by atoms with van der Waals surface area (Å²) in [4.78, 5) is 26.1. The van der Waals surface area contributed by atoms with Crippen LogP contribution in [0, 0.1) is 5.41 Å². The van der Waals surface area contributed by atoms with Gasteiger partial charge in [-0.25, -0.2) is 0 Å². The molecule has 0 aliphatic carbocycles. The van der Waals surface area contributed by atoms with Crippen molar-refractivity contribution in [2.75, 3.05) is 13.7 Å². The lowest BCUT2D eigenvalue weighted by Gasteiger charge is -2.11. The van der Waals surface area contributed by atoms with Crippen molar-refractivity contribution in [3.63, 3.8) is 0 Å². The van der Waals surface area contributed by atoms with E-state index in [-0.39, 0.29) is 24.0 Å². The summed E-state index contributed by atoms with van der Waals surface area (Å²) in [6.07, 6.45) is 4.54. The minimum Gasteiger partial charge on any atom is -0.468 e. The second-order valence-corrected chi connectivity index (χ2v) is 3.82. The fourth-order valence-corrected chi connectivity index (χ4v) is 1.31. The van der Waals surface area contributed by atoms with Gasteiger partial charge in [-0.1, -0.05) is 0 Å². The van der Waals surface area contributed by atoms with Crippen LogP contribution in [0.4, 0.5) is 0 Å². The summed E-state index contributed by atoms with van der Waals surface area (Å²) in [5, 5.41) is 13.1. The number of pyridine rings is 1. The van der Waals surface area contributed by atoms with Crippen molar-refractivity contribution in [1.82, 2.24) is 15.6 Å². The zero-order chi connectivity index (χ0) is 15.0. The van der Waals surface area contributed by atoms with Gasteiger partial charge in [-0.05, 0) is 12.1 Å². The summed E-state index contributed by atoms with van der Waals surface area (Å²) >= 11 is 0. The van der Waals surface area contributed by atoms with Gasteiger partial charge in [0.1, 0.15) is 12.4 Å². The molecule has 0 saturated carbocycles. The molecular formula is C13H16N4O3. The molecule has 0 aliphatic heterocycles. The monoisotopic (exact) mass is 276 g/mol. The quantitative estimate of drug-likeness (QED) is 0.508. The SMILES string of the molecule is COC(=O)CN/C(=C\C(=N)c1cccnc1)NC(C)=O. The molecule has 1 aromatic rings. The number of hydrogen-bond donors (Lipinski definition) is 3. The number of methoxy groups -OCH3 is 1. The number of nitrogens with one attached hydrogen (secondary N) is 3. The van der Waals surface area contributed by atoms with Crippen LogP contribution in [-0.2, 0) is 14.3 Å².